The molecule has 1 atom stereocenters. The predicted octanol–water partition coefficient (Wildman–Crippen LogP) is 1.25. The summed E-state index contributed by atoms with van der Waals surface area (Å²) < 4.78 is 5.21. The number of carbonyl (C=O) groups is 1. The van der Waals surface area contributed by atoms with Gasteiger partial charge >= 0.3 is 5.97 Å². The van der Waals surface area contributed by atoms with E-state index in [1.54, 1.807) is 0 Å². The van der Waals surface area contributed by atoms with Crippen molar-refractivity contribution in [3.05, 3.63) is 0 Å². The van der Waals surface area contributed by atoms with Crippen molar-refractivity contribution in [1.29, 1.82) is 0 Å². The molecule has 27 heavy (non-hydrogen) atoms. The molecule has 0 amide bonds. The zero-order valence-electron chi connectivity index (χ0n) is 17.6. The monoisotopic (exact) mass is 381 g/mol. The van der Waals surface area contributed by atoms with Gasteiger partial charge in [-0.25, -0.2) is 0 Å². The van der Waals surface area contributed by atoms with Crippen LogP contribution in [0.25, 0.3) is 0 Å². The average Bonchev–Trinajstić information content (AvgIpc) is 2.68. The number of hydrogen-bond donors (Lipinski definition) is 1. The molecule has 0 aromatic carbocycles. The van der Waals surface area contributed by atoms with Crippen LogP contribution in [0.2, 0.25) is 0 Å². The first-order valence-corrected chi connectivity index (χ1v) is 10.7. The van der Waals surface area contributed by atoms with Crippen molar-refractivity contribution < 1.29 is 9.53 Å². The Balaban J connectivity index is 1.75. The molecule has 2 fully saturated rings. The van der Waals surface area contributed by atoms with E-state index in [2.05, 4.69) is 34.0 Å². The second kappa shape index (κ2) is 12.2. The van der Waals surface area contributed by atoms with E-state index < -0.39 is 0 Å². The molecule has 156 valence electrons. The van der Waals surface area contributed by atoms with Crippen molar-refractivity contribution in [2.75, 3.05) is 72.6 Å². The highest BCUT2D eigenvalue weighted by molar-refractivity contribution is 5.81. The summed E-state index contributed by atoms with van der Waals surface area (Å²) in [6.07, 6.45) is 4.23. The number of esters is 1. The molecule has 2 aliphatic rings. The number of likely N-dealkylation sites (N-methyl/N-ethyl adjacent to an activating group) is 1. The van der Waals surface area contributed by atoms with Crippen LogP contribution in [0.3, 0.4) is 0 Å². The van der Waals surface area contributed by atoms with Crippen molar-refractivity contribution in [2.45, 2.75) is 39.5 Å². The highest BCUT2D eigenvalue weighted by atomic mass is 16.5. The summed E-state index contributed by atoms with van der Waals surface area (Å²) in [4.78, 5) is 24.1. The molecule has 7 nitrogen and oxygen atoms in total. The summed E-state index contributed by atoms with van der Waals surface area (Å²) in [6, 6.07) is 0. The molecule has 2 saturated heterocycles. The lowest BCUT2D eigenvalue weighted by atomic mass is 9.98. The van der Waals surface area contributed by atoms with Gasteiger partial charge < -0.3 is 24.8 Å². The van der Waals surface area contributed by atoms with Gasteiger partial charge in [-0.05, 0) is 53.1 Å². The lowest BCUT2D eigenvalue weighted by Crippen LogP contribution is -2.48. The van der Waals surface area contributed by atoms with Crippen molar-refractivity contribution >= 4 is 11.9 Å². The van der Waals surface area contributed by atoms with Gasteiger partial charge in [0, 0.05) is 52.4 Å². The van der Waals surface area contributed by atoms with Gasteiger partial charge in [0.1, 0.15) is 0 Å². The number of carbonyl (C=O) groups excluding carboxylic acids is 1. The van der Waals surface area contributed by atoms with E-state index in [4.69, 9.17) is 9.73 Å². The minimum atomic E-state index is -0.0646. The van der Waals surface area contributed by atoms with Crippen LogP contribution in [-0.2, 0) is 9.53 Å². The van der Waals surface area contributed by atoms with Crippen LogP contribution in [-0.4, -0.2) is 99.2 Å². The number of piperidine rings is 1. The maximum Gasteiger partial charge on any atom is 0.310 e. The van der Waals surface area contributed by atoms with Crippen LogP contribution in [0, 0.1) is 5.92 Å². The fourth-order valence-corrected chi connectivity index (χ4v) is 3.75. The lowest BCUT2D eigenvalue weighted by molar-refractivity contribution is -0.149. The summed E-state index contributed by atoms with van der Waals surface area (Å²) in [5.74, 6) is 0.858. The Kier molecular flexibility index (Phi) is 9.91. The van der Waals surface area contributed by atoms with Gasteiger partial charge in [0.2, 0.25) is 0 Å². The topological polar surface area (TPSA) is 60.4 Å². The molecular weight excluding hydrogens is 342 g/mol. The van der Waals surface area contributed by atoms with Crippen molar-refractivity contribution in [1.82, 2.24) is 20.0 Å². The Morgan fingerprint density at radius 2 is 1.93 bits per heavy atom. The van der Waals surface area contributed by atoms with E-state index in [1.165, 1.54) is 39.1 Å². The number of ether oxygens (including phenoxy) is 1. The van der Waals surface area contributed by atoms with Crippen LogP contribution in [0.1, 0.15) is 39.5 Å². The number of guanidine groups is 1. The maximum absolute atomic E-state index is 12.1. The lowest BCUT2D eigenvalue weighted by Gasteiger charge is -2.34. The Bertz CT molecular complexity index is 463. The van der Waals surface area contributed by atoms with E-state index in [9.17, 15) is 4.79 Å². The quantitative estimate of drug-likeness (QED) is 0.296. The molecule has 2 aliphatic heterocycles. The molecule has 0 aliphatic carbocycles. The predicted molar refractivity (Wildman–Crippen MR) is 110 cm³/mol. The standard InChI is InChI=1S/C20H39N5O2/c1-4-21-20(25-12-8-9-18(17-25)19(26)27-5-2)22-10-6-7-11-24-15-13-23(3)14-16-24/h18H,4-17H2,1-3H3,(H,21,22). The smallest absolute Gasteiger partial charge is 0.310 e. The number of nitrogens with zero attached hydrogens (tertiary/aromatic N) is 4. The molecular formula is C20H39N5O2. The minimum absolute atomic E-state index is 0.0280. The first kappa shape index (κ1) is 22.0. The molecule has 0 aromatic heterocycles. The molecule has 2 rings (SSSR count). The van der Waals surface area contributed by atoms with Gasteiger partial charge in [-0.3, -0.25) is 9.79 Å². The molecule has 2 heterocycles. The normalized spacial score (nSPS) is 22.7. The largest absolute Gasteiger partial charge is 0.466 e. The van der Waals surface area contributed by atoms with Gasteiger partial charge in [0.25, 0.3) is 0 Å². The molecule has 1 unspecified atom stereocenters. The second-order valence-electron chi connectivity index (χ2n) is 7.62. The SMILES string of the molecule is CCNC(=NCCCCN1CCN(C)CC1)N1CCCC(C(=O)OCC)C1. The highest BCUT2D eigenvalue weighted by Gasteiger charge is 2.28. The van der Waals surface area contributed by atoms with E-state index in [-0.39, 0.29) is 11.9 Å². The van der Waals surface area contributed by atoms with Crippen molar-refractivity contribution in [3.8, 4) is 0 Å². The molecule has 0 spiro atoms. The number of hydrogen-bond acceptors (Lipinski definition) is 5. The maximum atomic E-state index is 12.1. The van der Waals surface area contributed by atoms with Crippen molar-refractivity contribution in [3.63, 3.8) is 0 Å². The fraction of sp³-hybridized carbons (Fsp3) is 0.900. The van der Waals surface area contributed by atoms with E-state index in [0.717, 1.165) is 44.9 Å². The van der Waals surface area contributed by atoms with Crippen LogP contribution >= 0.6 is 0 Å². The van der Waals surface area contributed by atoms with Gasteiger partial charge in [0.15, 0.2) is 5.96 Å². The first-order valence-electron chi connectivity index (χ1n) is 10.7. The Labute approximate surface area is 165 Å². The van der Waals surface area contributed by atoms with Crippen LogP contribution in [0.4, 0.5) is 0 Å². The van der Waals surface area contributed by atoms with Gasteiger partial charge in [-0.15, -0.1) is 0 Å². The summed E-state index contributed by atoms with van der Waals surface area (Å²) >= 11 is 0. The van der Waals surface area contributed by atoms with Gasteiger partial charge in [-0.2, -0.15) is 0 Å². The summed E-state index contributed by atoms with van der Waals surface area (Å²) in [6.45, 7) is 13.7. The van der Waals surface area contributed by atoms with E-state index >= 15 is 0 Å². The Morgan fingerprint density at radius 3 is 2.63 bits per heavy atom. The molecule has 0 radical (unpaired) electrons. The number of rotatable bonds is 8. The zero-order chi connectivity index (χ0) is 19.5. The second-order valence-corrected chi connectivity index (χ2v) is 7.62. The van der Waals surface area contributed by atoms with Gasteiger partial charge in [0.05, 0.1) is 12.5 Å². The molecule has 0 aromatic rings. The third-order valence-electron chi connectivity index (χ3n) is 5.42. The number of unbranched alkanes of at least 4 members (excludes halogenated alkanes) is 1. The fourth-order valence-electron chi connectivity index (χ4n) is 3.75. The highest BCUT2D eigenvalue weighted by Crippen LogP contribution is 2.18. The van der Waals surface area contributed by atoms with Crippen LogP contribution in [0.15, 0.2) is 4.99 Å². The summed E-state index contributed by atoms with van der Waals surface area (Å²) in [7, 11) is 2.20. The summed E-state index contributed by atoms with van der Waals surface area (Å²) in [5.41, 5.74) is 0. The first-order chi connectivity index (χ1) is 13.1. The van der Waals surface area contributed by atoms with Crippen molar-refractivity contribution in [2.24, 2.45) is 10.9 Å². The molecule has 1 N–H and O–H groups in total. The molecule has 0 bridgehead atoms. The van der Waals surface area contributed by atoms with Crippen LogP contribution in [0.5, 0.6) is 0 Å². The number of nitrogens with one attached hydrogen (secondary N) is 1. The van der Waals surface area contributed by atoms with E-state index in [1.807, 2.05) is 6.92 Å². The third-order valence-corrected chi connectivity index (χ3v) is 5.42. The third kappa shape index (κ3) is 7.66. The van der Waals surface area contributed by atoms with E-state index in [0.29, 0.717) is 13.2 Å². The summed E-state index contributed by atoms with van der Waals surface area (Å²) in [5, 5.41) is 3.40. The van der Waals surface area contributed by atoms with Gasteiger partial charge in [-0.1, -0.05) is 0 Å². The Morgan fingerprint density at radius 1 is 1.15 bits per heavy atom. The zero-order valence-corrected chi connectivity index (χ0v) is 17.6. The number of piperazine rings is 1. The molecule has 7 heteroatoms. The minimum Gasteiger partial charge on any atom is -0.466 e. The number of aliphatic imine (C=N–C) groups is 1. The molecule has 0 saturated carbocycles. The Hall–Kier alpha value is -1.34. The van der Waals surface area contributed by atoms with Crippen LogP contribution < -0.4 is 5.32 Å². The number of likely N-dealkylation sites (tertiary alicyclic amines) is 1. The average molecular weight is 382 g/mol.